The van der Waals surface area contributed by atoms with Crippen LogP contribution < -0.4 is 11.1 Å². The Morgan fingerprint density at radius 2 is 1.91 bits per heavy atom. The summed E-state index contributed by atoms with van der Waals surface area (Å²) in [5.74, 6) is -9.22. The van der Waals surface area contributed by atoms with Gasteiger partial charge in [0.2, 0.25) is 5.82 Å². The van der Waals surface area contributed by atoms with E-state index in [1.165, 1.54) is 6.07 Å². The van der Waals surface area contributed by atoms with Crippen LogP contribution >= 0.6 is 0 Å². The van der Waals surface area contributed by atoms with Crippen molar-refractivity contribution in [2.24, 2.45) is 11.7 Å². The number of anilines is 1. The first kappa shape index (κ1) is 23.4. The van der Waals surface area contributed by atoms with Crippen LogP contribution in [0.5, 0.6) is 5.75 Å². The van der Waals surface area contributed by atoms with E-state index in [0.29, 0.717) is 6.07 Å². The molecule has 3 rings (SSSR count). The number of rotatable bonds is 4. The molecule has 1 aliphatic rings. The summed E-state index contributed by atoms with van der Waals surface area (Å²) in [6.45, 7) is 1.86. The second kappa shape index (κ2) is 8.01. The average Bonchev–Trinajstić information content (AvgIpc) is 2.99. The van der Waals surface area contributed by atoms with Crippen LogP contribution in [0.15, 0.2) is 30.5 Å². The van der Waals surface area contributed by atoms with Crippen molar-refractivity contribution in [2.75, 3.05) is 5.32 Å². The number of alkyl halides is 3. The summed E-state index contributed by atoms with van der Waals surface area (Å²) in [7, 11) is 0. The fourth-order valence-electron chi connectivity index (χ4n) is 3.70. The predicted octanol–water partition coefficient (Wildman–Crippen LogP) is 3.24. The van der Waals surface area contributed by atoms with Gasteiger partial charge in [-0.25, -0.2) is 4.39 Å². The van der Waals surface area contributed by atoms with Crippen LogP contribution in [-0.4, -0.2) is 39.8 Å². The van der Waals surface area contributed by atoms with Crippen LogP contribution in [0, 0.1) is 17.6 Å². The lowest BCUT2D eigenvalue weighted by Crippen LogP contribution is -2.47. The Balaban J connectivity index is 2.05. The third-order valence-electron chi connectivity index (χ3n) is 5.67. The van der Waals surface area contributed by atoms with Gasteiger partial charge in [0.15, 0.2) is 17.2 Å². The summed E-state index contributed by atoms with van der Waals surface area (Å²) < 4.78 is 74.0. The van der Waals surface area contributed by atoms with Crippen LogP contribution in [0.25, 0.3) is 0 Å². The fraction of sp³-hybridized carbons (Fsp3) is 0.350. The average molecular weight is 459 g/mol. The molecule has 7 nitrogen and oxygen atoms in total. The first-order valence-corrected chi connectivity index (χ1v) is 9.26. The highest BCUT2D eigenvalue weighted by atomic mass is 19.4. The molecule has 2 amide bonds. The smallest absolute Gasteiger partial charge is 0.417 e. The van der Waals surface area contributed by atoms with E-state index in [-0.39, 0.29) is 11.4 Å². The number of amides is 2. The zero-order valence-electron chi connectivity index (χ0n) is 16.7. The number of primary amides is 1. The molecule has 1 aromatic carbocycles. The molecule has 1 saturated heterocycles. The van der Waals surface area contributed by atoms with Gasteiger partial charge >= 0.3 is 6.18 Å². The van der Waals surface area contributed by atoms with Gasteiger partial charge in [-0.3, -0.25) is 14.6 Å². The molecule has 32 heavy (non-hydrogen) atoms. The second-order valence-corrected chi connectivity index (χ2v) is 7.54. The van der Waals surface area contributed by atoms with Gasteiger partial charge in [-0.15, -0.1) is 0 Å². The molecule has 2 aromatic rings. The third-order valence-corrected chi connectivity index (χ3v) is 5.67. The van der Waals surface area contributed by atoms with Gasteiger partial charge in [-0.2, -0.15) is 17.6 Å². The molecule has 4 N–H and O–H groups in total. The number of benzene rings is 1. The van der Waals surface area contributed by atoms with Gasteiger partial charge in [0.25, 0.3) is 11.8 Å². The van der Waals surface area contributed by atoms with Crippen LogP contribution in [0.2, 0.25) is 0 Å². The maximum Gasteiger partial charge on any atom is 0.417 e. The van der Waals surface area contributed by atoms with Gasteiger partial charge in [-0.1, -0.05) is 13.0 Å². The quantitative estimate of drug-likeness (QED) is 0.608. The lowest BCUT2D eigenvalue weighted by Gasteiger charge is -2.31. The summed E-state index contributed by atoms with van der Waals surface area (Å²) in [5, 5.41) is 12.4. The first-order valence-electron chi connectivity index (χ1n) is 9.26. The molecule has 0 unspecified atom stereocenters. The number of halogens is 5. The number of hydrogen-bond acceptors (Lipinski definition) is 5. The molecule has 0 saturated carbocycles. The number of nitrogens with zero attached hydrogens (tertiary/aromatic N) is 1. The van der Waals surface area contributed by atoms with Gasteiger partial charge in [0.1, 0.15) is 11.8 Å². The number of aromatic hydroxyl groups is 1. The minimum absolute atomic E-state index is 0.0103. The molecule has 0 radical (unpaired) electrons. The SMILES string of the molecule is C[C@@H]1[C@H](c2ccc(F)c(F)c2O)[C@H](C(=O)Nc2ccnc(C(N)=O)c2)O[C@]1(C)C(F)(F)F. The Hall–Kier alpha value is -3.28. The van der Waals surface area contributed by atoms with E-state index in [1.54, 1.807) is 0 Å². The van der Waals surface area contributed by atoms with E-state index in [2.05, 4.69) is 10.3 Å². The van der Waals surface area contributed by atoms with Crippen LogP contribution in [0.1, 0.15) is 35.8 Å². The van der Waals surface area contributed by atoms with Crippen molar-refractivity contribution in [3.8, 4) is 5.75 Å². The maximum absolute atomic E-state index is 14.0. The van der Waals surface area contributed by atoms with E-state index in [4.69, 9.17) is 10.5 Å². The van der Waals surface area contributed by atoms with Gasteiger partial charge in [0, 0.05) is 29.3 Å². The van der Waals surface area contributed by atoms with E-state index < -0.39 is 64.5 Å². The Morgan fingerprint density at radius 3 is 2.50 bits per heavy atom. The van der Waals surface area contributed by atoms with Crippen molar-refractivity contribution in [3.63, 3.8) is 0 Å². The molecule has 2 heterocycles. The number of nitrogens with one attached hydrogen (secondary N) is 1. The van der Waals surface area contributed by atoms with Crippen LogP contribution in [0.3, 0.4) is 0 Å². The van der Waals surface area contributed by atoms with E-state index in [1.807, 2.05) is 0 Å². The molecule has 0 aliphatic carbocycles. The number of ether oxygens (including phenoxy) is 1. The molecule has 0 bridgehead atoms. The molecular formula is C20H18F5N3O4. The lowest BCUT2D eigenvalue weighted by atomic mass is 9.77. The Morgan fingerprint density at radius 1 is 1.25 bits per heavy atom. The van der Waals surface area contributed by atoms with E-state index in [0.717, 1.165) is 32.2 Å². The van der Waals surface area contributed by atoms with Crippen molar-refractivity contribution in [2.45, 2.75) is 37.6 Å². The van der Waals surface area contributed by atoms with Crippen LogP contribution in [-0.2, 0) is 9.53 Å². The Bertz CT molecular complexity index is 1080. The van der Waals surface area contributed by atoms with Crippen molar-refractivity contribution < 1.29 is 41.4 Å². The third kappa shape index (κ3) is 3.85. The number of aromatic nitrogens is 1. The standard InChI is InChI=1S/C20H18F5N3O4/c1-8-13(10-3-4-11(21)14(22)15(10)29)16(32-19(8,2)20(23,24)25)18(31)28-9-5-6-27-12(7-9)17(26)30/h3-8,13,16,29H,1-2H3,(H2,26,30)(H,27,28,31)/t8-,13-,16-,19+/m1/s1. The molecule has 1 fully saturated rings. The van der Waals surface area contributed by atoms with Gasteiger partial charge in [0.05, 0.1) is 0 Å². The topological polar surface area (TPSA) is 115 Å². The minimum Gasteiger partial charge on any atom is -0.505 e. The van der Waals surface area contributed by atoms with Crippen molar-refractivity contribution in [1.82, 2.24) is 4.98 Å². The zero-order chi connectivity index (χ0) is 24.0. The zero-order valence-corrected chi connectivity index (χ0v) is 16.7. The molecule has 1 aromatic heterocycles. The Kier molecular flexibility index (Phi) is 5.85. The molecule has 1 aliphatic heterocycles. The number of pyridine rings is 1. The lowest BCUT2D eigenvalue weighted by molar-refractivity contribution is -0.272. The number of phenolic OH excluding ortho intramolecular Hbond substituents is 1. The molecular weight excluding hydrogens is 441 g/mol. The molecule has 4 atom stereocenters. The fourth-order valence-corrected chi connectivity index (χ4v) is 3.70. The number of nitrogens with two attached hydrogens (primary N) is 1. The number of carbonyl (C=O) groups is 2. The van der Waals surface area contributed by atoms with Gasteiger partial charge in [-0.05, 0) is 25.1 Å². The summed E-state index contributed by atoms with van der Waals surface area (Å²) in [4.78, 5) is 27.9. The molecule has 0 spiro atoms. The number of carbonyl (C=O) groups excluding carboxylic acids is 2. The monoisotopic (exact) mass is 459 g/mol. The molecule has 172 valence electrons. The first-order chi connectivity index (χ1) is 14.8. The van der Waals surface area contributed by atoms with Crippen LogP contribution in [0.4, 0.5) is 27.6 Å². The van der Waals surface area contributed by atoms with Crippen molar-refractivity contribution in [1.29, 1.82) is 0 Å². The predicted molar refractivity (Wildman–Crippen MR) is 101 cm³/mol. The largest absolute Gasteiger partial charge is 0.505 e. The summed E-state index contributed by atoms with van der Waals surface area (Å²) >= 11 is 0. The highest BCUT2D eigenvalue weighted by Crippen LogP contribution is 2.54. The number of hydrogen-bond donors (Lipinski definition) is 3. The van der Waals surface area contributed by atoms with Crippen molar-refractivity contribution >= 4 is 17.5 Å². The summed E-state index contributed by atoms with van der Waals surface area (Å²) in [5.41, 5.74) is 1.64. The maximum atomic E-state index is 14.0. The van der Waals surface area contributed by atoms with Crippen molar-refractivity contribution in [3.05, 3.63) is 53.4 Å². The van der Waals surface area contributed by atoms with Gasteiger partial charge < -0.3 is 20.9 Å². The summed E-state index contributed by atoms with van der Waals surface area (Å²) in [6.07, 6.45) is -5.63. The normalized spacial score (nSPS) is 25.5. The number of phenols is 1. The highest BCUT2D eigenvalue weighted by Gasteiger charge is 2.65. The molecule has 12 heteroatoms. The Labute approximate surface area is 178 Å². The highest BCUT2D eigenvalue weighted by molar-refractivity contribution is 5.97. The second-order valence-electron chi connectivity index (χ2n) is 7.54. The van der Waals surface area contributed by atoms with E-state index >= 15 is 0 Å². The minimum atomic E-state index is -4.93. The van der Waals surface area contributed by atoms with E-state index in [9.17, 15) is 36.6 Å². The summed E-state index contributed by atoms with van der Waals surface area (Å²) in [6, 6.07) is 3.90.